The van der Waals surface area contributed by atoms with Crippen LogP contribution in [0.1, 0.15) is 31.4 Å². The second kappa shape index (κ2) is 14.8. The van der Waals surface area contributed by atoms with E-state index < -0.39 is 0 Å². The lowest BCUT2D eigenvalue weighted by Gasteiger charge is -2.33. The molecule has 0 unspecified atom stereocenters. The summed E-state index contributed by atoms with van der Waals surface area (Å²) in [5.41, 5.74) is 6.94. The lowest BCUT2D eigenvalue weighted by molar-refractivity contribution is -0.141. The summed E-state index contributed by atoms with van der Waals surface area (Å²) in [6.45, 7) is 5.08. The molecule has 0 atom stereocenters. The van der Waals surface area contributed by atoms with Crippen LogP contribution < -0.4 is 11.1 Å². The molecule has 11 nitrogen and oxygen atoms in total. The molecule has 0 bridgehead atoms. The number of guanidine groups is 1. The number of nitrogens with zero attached hydrogens (tertiary/aromatic N) is 5. The molecule has 4 rings (SSSR count). The number of aliphatic imine (C=N–C) groups is 1. The third kappa shape index (κ3) is 8.89. The largest absolute Gasteiger partial charge is 0.461 e. The van der Waals surface area contributed by atoms with Gasteiger partial charge in [-0.3, -0.25) is 19.7 Å². The first kappa shape index (κ1) is 28.7. The molecule has 0 saturated carbocycles. The highest BCUT2D eigenvalue weighted by Gasteiger charge is 2.24. The lowest BCUT2D eigenvalue weighted by atomic mass is 10.2. The number of benzene rings is 1. The molecule has 37 heavy (non-hydrogen) atoms. The van der Waals surface area contributed by atoms with Crippen molar-refractivity contribution in [1.82, 2.24) is 20.0 Å². The van der Waals surface area contributed by atoms with E-state index in [2.05, 4.69) is 23.2 Å². The van der Waals surface area contributed by atoms with Crippen LogP contribution in [0.2, 0.25) is 0 Å². The molecule has 0 radical (unpaired) electrons. The molecule has 3 heterocycles. The topological polar surface area (TPSA) is 148 Å². The van der Waals surface area contributed by atoms with E-state index in [1.807, 2.05) is 25.1 Å². The number of aryl methyl sites for hydroxylation is 1. The summed E-state index contributed by atoms with van der Waals surface area (Å²) in [7, 11) is 0. The number of piperazine rings is 1. The van der Waals surface area contributed by atoms with Gasteiger partial charge in [0.2, 0.25) is 24.2 Å². The Labute approximate surface area is 216 Å². The number of carbonyl (C=O) groups excluding carboxylic acids is 3. The molecule has 2 aliphatic heterocycles. The van der Waals surface area contributed by atoms with E-state index in [1.165, 1.54) is 0 Å². The summed E-state index contributed by atoms with van der Waals surface area (Å²) in [4.78, 5) is 43.7. The third-order valence-electron chi connectivity index (χ3n) is 5.87. The fourth-order valence-corrected chi connectivity index (χ4v) is 4.00. The normalized spacial score (nSPS) is 15.9. The summed E-state index contributed by atoms with van der Waals surface area (Å²) in [6.07, 6.45) is 14.1. The smallest absolute Gasteiger partial charge is 0.242 e. The summed E-state index contributed by atoms with van der Waals surface area (Å²) < 4.78 is 5.43. The van der Waals surface area contributed by atoms with Gasteiger partial charge in [-0.2, -0.15) is 5.26 Å². The van der Waals surface area contributed by atoms with Crippen molar-refractivity contribution in [2.75, 3.05) is 39.3 Å². The van der Waals surface area contributed by atoms with E-state index in [4.69, 9.17) is 15.4 Å². The Hall–Kier alpha value is -4.51. The van der Waals surface area contributed by atoms with Crippen LogP contribution >= 0.6 is 0 Å². The second-order valence-corrected chi connectivity index (χ2v) is 8.46. The maximum Gasteiger partial charge on any atom is 0.242 e. The predicted octanol–water partition coefficient (Wildman–Crippen LogP) is 1.70. The molecule has 1 aromatic heterocycles. The molecule has 196 valence electrons. The minimum absolute atomic E-state index is 0.000740. The van der Waals surface area contributed by atoms with Crippen LogP contribution in [0.4, 0.5) is 5.69 Å². The minimum Gasteiger partial charge on any atom is -0.461 e. The first-order chi connectivity index (χ1) is 17.9. The van der Waals surface area contributed by atoms with Crippen molar-refractivity contribution in [2.24, 2.45) is 10.7 Å². The van der Waals surface area contributed by atoms with Gasteiger partial charge in [0.25, 0.3) is 0 Å². The number of amides is 3. The molecule has 1 aromatic carbocycles. The summed E-state index contributed by atoms with van der Waals surface area (Å²) in [5, 5.41) is 11.6. The Balaban J connectivity index is 0.000000247. The van der Waals surface area contributed by atoms with Gasteiger partial charge in [0.1, 0.15) is 11.3 Å². The highest BCUT2D eigenvalue weighted by Crippen LogP contribution is 2.24. The number of rotatable bonds is 4. The van der Waals surface area contributed by atoms with Crippen molar-refractivity contribution < 1.29 is 18.8 Å². The minimum atomic E-state index is 0.000740. The van der Waals surface area contributed by atoms with Gasteiger partial charge in [0.15, 0.2) is 6.19 Å². The molecule has 2 saturated heterocycles. The number of hydrogen-bond acceptors (Lipinski definition) is 6. The number of nitrogens with one attached hydrogen (secondary N) is 1. The molecule has 11 heteroatoms. The van der Waals surface area contributed by atoms with Gasteiger partial charge >= 0.3 is 0 Å². The highest BCUT2D eigenvalue weighted by atomic mass is 16.3. The average Bonchev–Trinajstić information content (AvgIpc) is 3.16. The van der Waals surface area contributed by atoms with E-state index in [-0.39, 0.29) is 24.3 Å². The number of likely N-dealkylation sites (tertiary alicyclic amines) is 1. The van der Waals surface area contributed by atoms with Crippen LogP contribution in [0.25, 0.3) is 11.0 Å². The molecule has 3 N–H and O–H groups in total. The highest BCUT2D eigenvalue weighted by molar-refractivity contribution is 5.86. The molecule has 2 aliphatic rings. The summed E-state index contributed by atoms with van der Waals surface area (Å²) >= 11 is 0. The average molecular weight is 508 g/mol. The summed E-state index contributed by atoms with van der Waals surface area (Å²) in [5.74, 6) is 1.01. The van der Waals surface area contributed by atoms with Gasteiger partial charge in [-0.1, -0.05) is 6.42 Å². The fraction of sp³-hybridized carbons (Fsp3) is 0.423. The van der Waals surface area contributed by atoms with Crippen LogP contribution in [0.15, 0.2) is 33.7 Å². The lowest BCUT2D eigenvalue weighted by Crippen LogP contribution is -2.51. The Morgan fingerprint density at radius 2 is 1.92 bits per heavy atom. The Kier molecular flexibility index (Phi) is 11.5. The molecule has 2 aromatic rings. The van der Waals surface area contributed by atoms with Crippen molar-refractivity contribution in [1.29, 1.82) is 5.26 Å². The van der Waals surface area contributed by atoms with Crippen molar-refractivity contribution in [3.8, 4) is 19.0 Å². The zero-order valence-electron chi connectivity index (χ0n) is 21.1. The fourth-order valence-electron chi connectivity index (χ4n) is 4.00. The van der Waals surface area contributed by atoms with Gasteiger partial charge < -0.3 is 24.9 Å². The third-order valence-corrected chi connectivity index (χ3v) is 5.87. The van der Waals surface area contributed by atoms with Gasteiger partial charge in [-0.25, -0.2) is 4.99 Å². The number of nitrogens with two attached hydrogens (primary N) is 1. The second-order valence-electron chi connectivity index (χ2n) is 8.46. The number of furan rings is 1. The van der Waals surface area contributed by atoms with Crippen molar-refractivity contribution in [3.63, 3.8) is 0 Å². The van der Waals surface area contributed by atoms with E-state index >= 15 is 0 Å². The van der Waals surface area contributed by atoms with E-state index in [9.17, 15) is 14.4 Å². The molecular formula is C26H33N7O4. The van der Waals surface area contributed by atoms with Crippen LogP contribution in [0.5, 0.6) is 0 Å². The quantitative estimate of drug-likeness (QED) is 0.160. The number of fused-ring (bicyclic) bond motifs is 1. The van der Waals surface area contributed by atoms with Crippen LogP contribution in [-0.4, -0.2) is 78.2 Å². The number of terminal acetylenes is 1. The Bertz CT molecular complexity index is 1160. The monoisotopic (exact) mass is 507 g/mol. The molecular weight excluding hydrogens is 474 g/mol. The molecule has 0 spiro atoms. The zero-order valence-corrected chi connectivity index (χ0v) is 21.1. The van der Waals surface area contributed by atoms with Crippen molar-refractivity contribution >= 4 is 40.8 Å². The number of hydrogen-bond donors (Lipinski definition) is 2. The summed E-state index contributed by atoms with van der Waals surface area (Å²) in [6, 6.07) is 7.36. The van der Waals surface area contributed by atoms with Gasteiger partial charge in [0, 0.05) is 44.5 Å². The number of nitriles is 1. The molecule has 0 aliphatic carbocycles. The van der Waals surface area contributed by atoms with Gasteiger partial charge in [-0.15, -0.1) is 12.8 Å². The Morgan fingerprint density at radius 1 is 1.19 bits per heavy atom. The standard InChI is InChI=1S/C13H21N3O3.C11H10N4O.C2H2/c17-11-14-6-8-15(9-7-14)13(19)10-16-5-3-1-2-4-12(16)18;1-7-4-8-5-9(2-3-10(8)16-7)15-11(13)14-6-12;1-2/h11H,1-10H2;2-5H,1H3,(H3,13,14,15);1-2H. The molecule has 2 fully saturated rings. The van der Waals surface area contributed by atoms with Crippen LogP contribution in [0, 0.1) is 31.2 Å². The zero-order chi connectivity index (χ0) is 27.2. The SMILES string of the molecule is C#C.Cc1cc2cc(N=C(N)NC#N)ccc2o1.O=CN1CCN(C(=O)CN2CCCCCC2=O)CC1. The van der Waals surface area contributed by atoms with E-state index in [0.29, 0.717) is 44.8 Å². The van der Waals surface area contributed by atoms with Gasteiger partial charge in [-0.05, 0) is 44.0 Å². The van der Waals surface area contributed by atoms with Crippen molar-refractivity contribution in [3.05, 3.63) is 30.0 Å². The predicted molar refractivity (Wildman–Crippen MR) is 140 cm³/mol. The van der Waals surface area contributed by atoms with E-state index in [0.717, 1.165) is 42.4 Å². The first-order valence-electron chi connectivity index (χ1n) is 12.0. The van der Waals surface area contributed by atoms with Crippen LogP contribution in [0.3, 0.4) is 0 Å². The number of carbonyl (C=O) groups is 3. The van der Waals surface area contributed by atoms with E-state index in [1.54, 1.807) is 27.0 Å². The van der Waals surface area contributed by atoms with Gasteiger partial charge in [0.05, 0.1) is 12.2 Å². The maximum absolute atomic E-state index is 12.1. The Morgan fingerprint density at radius 3 is 2.59 bits per heavy atom. The first-order valence-corrected chi connectivity index (χ1v) is 12.0. The molecule has 3 amide bonds. The maximum atomic E-state index is 12.1. The van der Waals surface area contributed by atoms with Crippen molar-refractivity contribution in [2.45, 2.75) is 32.6 Å². The van der Waals surface area contributed by atoms with Crippen LogP contribution in [-0.2, 0) is 14.4 Å².